The van der Waals surface area contributed by atoms with Gasteiger partial charge < -0.3 is 9.47 Å². The maximum atomic E-state index is 12.9. The largest absolute Gasteiger partial charge is 0.497 e. The van der Waals surface area contributed by atoms with E-state index in [0.29, 0.717) is 18.4 Å². The van der Waals surface area contributed by atoms with Crippen LogP contribution in [-0.2, 0) is 9.53 Å². The van der Waals surface area contributed by atoms with Crippen LogP contribution in [0, 0.1) is 16.7 Å². The van der Waals surface area contributed by atoms with Crippen molar-refractivity contribution in [2.75, 3.05) is 14.2 Å². The SMILES string of the molecule is COC(=O)[C@@]1(C)CC[C@H](C(=O)c2ccc(OC)cc2)C1(C)C. The summed E-state index contributed by atoms with van der Waals surface area (Å²) in [6.45, 7) is 5.88. The summed E-state index contributed by atoms with van der Waals surface area (Å²) in [7, 11) is 3.00. The van der Waals surface area contributed by atoms with Crippen LogP contribution in [0.5, 0.6) is 5.75 Å². The molecule has 4 nitrogen and oxygen atoms in total. The molecule has 120 valence electrons. The van der Waals surface area contributed by atoms with Gasteiger partial charge in [0.2, 0.25) is 0 Å². The minimum Gasteiger partial charge on any atom is -0.497 e. The summed E-state index contributed by atoms with van der Waals surface area (Å²) in [5, 5.41) is 0. The first-order valence-electron chi connectivity index (χ1n) is 7.54. The van der Waals surface area contributed by atoms with Crippen molar-refractivity contribution in [3.05, 3.63) is 29.8 Å². The smallest absolute Gasteiger partial charge is 0.312 e. The predicted octanol–water partition coefficient (Wildman–Crippen LogP) is 3.49. The Morgan fingerprint density at radius 3 is 2.18 bits per heavy atom. The van der Waals surface area contributed by atoms with Crippen LogP contribution in [0.1, 0.15) is 44.0 Å². The molecular formula is C18H24O4. The molecule has 1 saturated carbocycles. The van der Waals surface area contributed by atoms with Gasteiger partial charge in [-0.25, -0.2) is 0 Å². The zero-order valence-corrected chi connectivity index (χ0v) is 13.9. The minimum atomic E-state index is -0.630. The summed E-state index contributed by atoms with van der Waals surface area (Å²) in [5.74, 6) is 0.384. The molecule has 0 aromatic heterocycles. The van der Waals surface area contributed by atoms with Gasteiger partial charge in [0.1, 0.15) is 5.75 Å². The summed E-state index contributed by atoms with van der Waals surface area (Å²) in [6.07, 6.45) is 1.36. The molecule has 0 aliphatic heterocycles. The van der Waals surface area contributed by atoms with E-state index in [1.165, 1.54) is 7.11 Å². The van der Waals surface area contributed by atoms with Crippen LogP contribution >= 0.6 is 0 Å². The molecule has 0 bridgehead atoms. The first-order chi connectivity index (χ1) is 10.3. The summed E-state index contributed by atoms with van der Waals surface area (Å²) in [5.41, 5.74) is -0.418. The minimum absolute atomic E-state index is 0.0836. The van der Waals surface area contributed by atoms with E-state index < -0.39 is 10.8 Å². The maximum absolute atomic E-state index is 12.9. The number of ether oxygens (including phenoxy) is 2. The van der Waals surface area contributed by atoms with Gasteiger partial charge in [0.25, 0.3) is 0 Å². The van der Waals surface area contributed by atoms with E-state index in [4.69, 9.17) is 9.47 Å². The second-order valence-corrected chi connectivity index (χ2v) is 6.73. The Morgan fingerprint density at radius 2 is 1.68 bits per heavy atom. The molecule has 1 aromatic carbocycles. The maximum Gasteiger partial charge on any atom is 0.312 e. The van der Waals surface area contributed by atoms with Crippen molar-refractivity contribution in [3.63, 3.8) is 0 Å². The van der Waals surface area contributed by atoms with Crippen LogP contribution in [-0.4, -0.2) is 26.0 Å². The van der Waals surface area contributed by atoms with Gasteiger partial charge >= 0.3 is 5.97 Å². The zero-order valence-electron chi connectivity index (χ0n) is 13.9. The topological polar surface area (TPSA) is 52.6 Å². The quantitative estimate of drug-likeness (QED) is 0.631. The van der Waals surface area contributed by atoms with Gasteiger partial charge in [0.15, 0.2) is 5.78 Å². The van der Waals surface area contributed by atoms with Gasteiger partial charge in [-0.05, 0) is 49.4 Å². The molecule has 0 heterocycles. The fourth-order valence-corrected chi connectivity index (χ4v) is 3.51. The number of esters is 1. The van der Waals surface area contributed by atoms with Crippen LogP contribution in [0.15, 0.2) is 24.3 Å². The average Bonchev–Trinajstić information content (AvgIpc) is 2.77. The van der Waals surface area contributed by atoms with Gasteiger partial charge in [-0.2, -0.15) is 0 Å². The third-order valence-corrected chi connectivity index (χ3v) is 5.55. The first-order valence-corrected chi connectivity index (χ1v) is 7.54. The van der Waals surface area contributed by atoms with Gasteiger partial charge in [-0.1, -0.05) is 13.8 Å². The van der Waals surface area contributed by atoms with Crippen LogP contribution in [0.4, 0.5) is 0 Å². The standard InChI is InChI=1S/C18H24O4/c1-17(2)14(10-11-18(17,3)16(20)22-5)15(19)12-6-8-13(21-4)9-7-12/h6-9,14H,10-11H2,1-5H3/t14-,18-/m1/s1. The number of carbonyl (C=O) groups excluding carboxylic acids is 2. The van der Waals surface area contributed by atoms with Crippen molar-refractivity contribution in [1.29, 1.82) is 0 Å². The molecule has 1 aliphatic carbocycles. The van der Waals surface area contributed by atoms with Crippen molar-refractivity contribution in [1.82, 2.24) is 0 Å². The highest BCUT2D eigenvalue weighted by atomic mass is 16.5. The molecule has 1 aliphatic rings. The predicted molar refractivity (Wildman–Crippen MR) is 84.0 cm³/mol. The van der Waals surface area contributed by atoms with Crippen LogP contribution in [0.3, 0.4) is 0 Å². The molecule has 4 heteroatoms. The average molecular weight is 304 g/mol. The Balaban J connectivity index is 2.29. The third-order valence-electron chi connectivity index (χ3n) is 5.55. The fourth-order valence-electron chi connectivity index (χ4n) is 3.51. The van der Waals surface area contributed by atoms with Crippen molar-refractivity contribution in [2.45, 2.75) is 33.6 Å². The Morgan fingerprint density at radius 1 is 1.09 bits per heavy atom. The molecule has 0 spiro atoms. The van der Waals surface area contributed by atoms with Gasteiger partial charge in [-0.3, -0.25) is 9.59 Å². The molecule has 0 amide bonds. The first kappa shape index (κ1) is 16.5. The summed E-state index contributed by atoms with van der Waals surface area (Å²) < 4.78 is 10.1. The van der Waals surface area contributed by atoms with Crippen molar-refractivity contribution >= 4 is 11.8 Å². The molecule has 22 heavy (non-hydrogen) atoms. The Kier molecular flexibility index (Phi) is 4.32. The molecule has 2 atom stereocenters. The van der Waals surface area contributed by atoms with Gasteiger partial charge in [-0.15, -0.1) is 0 Å². The second-order valence-electron chi connectivity index (χ2n) is 6.73. The van der Waals surface area contributed by atoms with E-state index in [1.807, 2.05) is 20.8 Å². The number of hydrogen-bond acceptors (Lipinski definition) is 4. The molecular weight excluding hydrogens is 280 g/mol. The molecule has 0 saturated heterocycles. The molecule has 0 unspecified atom stereocenters. The van der Waals surface area contributed by atoms with E-state index in [9.17, 15) is 9.59 Å². The van der Waals surface area contributed by atoms with E-state index in [2.05, 4.69) is 0 Å². The lowest BCUT2D eigenvalue weighted by molar-refractivity contribution is -0.157. The lowest BCUT2D eigenvalue weighted by Crippen LogP contribution is -2.43. The molecule has 1 fully saturated rings. The zero-order chi connectivity index (χ0) is 16.5. The number of rotatable bonds is 4. The van der Waals surface area contributed by atoms with Crippen molar-refractivity contribution < 1.29 is 19.1 Å². The number of carbonyl (C=O) groups is 2. The normalized spacial score (nSPS) is 26.5. The molecule has 0 radical (unpaired) electrons. The van der Waals surface area contributed by atoms with Gasteiger partial charge in [0.05, 0.1) is 19.6 Å². The molecule has 0 N–H and O–H groups in total. The lowest BCUT2D eigenvalue weighted by Gasteiger charge is -2.38. The van der Waals surface area contributed by atoms with Gasteiger partial charge in [0, 0.05) is 11.5 Å². The highest BCUT2D eigenvalue weighted by molar-refractivity contribution is 5.99. The van der Waals surface area contributed by atoms with E-state index in [-0.39, 0.29) is 17.7 Å². The monoisotopic (exact) mass is 304 g/mol. The Hall–Kier alpha value is -1.84. The molecule has 1 aromatic rings. The lowest BCUT2D eigenvalue weighted by atomic mass is 9.64. The van der Waals surface area contributed by atoms with Crippen molar-refractivity contribution in [2.24, 2.45) is 16.7 Å². The number of methoxy groups -OCH3 is 2. The third kappa shape index (κ3) is 2.40. The Bertz CT molecular complexity index is 573. The van der Waals surface area contributed by atoms with Crippen LogP contribution in [0.25, 0.3) is 0 Å². The summed E-state index contributed by atoms with van der Waals surface area (Å²) in [4.78, 5) is 25.1. The number of benzene rings is 1. The number of ketones is 1. The highest BCUT2D eigenvalue weighted by Crippen LogP contribution is 2.57. The highest BCUT2D eigenvalue weighted by Gasteiger charge is 2.58. The fraction of sp³-hybridized carbons (Fsp3) is 0.556. The van der Waals surface area contributed by atoms with Crippen molar-refractivity contribution in [3.8, 4) is 5.75 Å². The number of Topliss-reactive ketones (excluding diaryl/α,β-unsaturated/α-hetero) is 1. The van der Waals surface area contributed by atoms with Crippen LogP contribution in [0.2, 0.25) is 0 Å². The number of hydrogen-bond donors (Lipinski definition) is 0. The van der Waals surface area contributed by atoms with E-state index in [1.54, 1.807) is 31.4 Å². The summed E-state index contributed by atoms with van der Waals surface area (Å²) >= 11 is 0. The summed E-state index contributed by atoms with van der Waals surface area (Å²) in [6, 6.07) is 7.14. The second kappa shape index (κ2) is 5.75. The van der Waals surface area contributed by atoms with E-state index >= 15 is 0 Å². The van der Waals surface area contributed by atoms with E-state index in [0.717, 1.165) is 5.75 Å². The van der Waals surface area contributed by atoms with Crippen LogP contribution < -0.4 is 4.74 Å². The molecule has 2 rings (SSSR count). The Labute approximate surface area is 131 Å².